The van der Waals surface area contributed by atoms with Gasteiger partial charge in [0.25, 0.3) is 0 Å². The van der Waals surface area contributed by atoms with Gasteiger partial charge in [-0.2, -0.15) is 0 Å². The van der Waals surface area contributed by atoms with E-state index in [1.807, 2.05) is 13.0 Å². The number of hydrogen-bond donors (Lipinski definition) is 3. The molecule has 3 N–H and O–H groups in total. The number of anilines is 2. The standard InChI is InChI=1S/C19H23FN4O3/c1-4-27-17-11-15(9-10-16(17)26-3)24-19(21-2)22-12-18(25)23-14-7-5-13(20)6-8-14/h5-11H,4,12H2,1-3H3,(H,23,25)(H2,21,22,24). The Morgan fingerprint density at radius 3 is 2.41 bits per heavy atom. The number of amides is 1. The SMILES string of the molecule is CCOc1cc(NC(=NC)NCC(=O)Nc2ccc(F)cc2)ccc1OC. The Balaban J connectivity index is 1.92. The minimum absolute atomic E-state index is 0.00841. The molecule has 2 aromatic rings. The largest absolute Gasteiger partial charge is 0.493 e. The quantitative estimate of drug-likeness (QED) is 0.513. The molecule has 0 radical (unpaired) electrons. The number of ether oxygens (including phenoxy) is 2. The van der Waals surface area contributed by atoms with E-state index in [9.17, 15) is 9.18 Å². The average molecular weight is 374 g/mol. The first-order valence-electron chi connectivity index (χ1n) is 8.39. The molecule has 0 saturated heterocycles. The van der Waals surface area contributed by atoms with Crippen molar-refractivity contribution in [3.8, 4) is 11.5 Å². The lowest BCUT2D eigenvalue weighted by atomic mass is 10.2. The molecular weight excluding hydrogens is 351 g/mol. The Morgan fingerprint density at radius 2 is 1.78 bits per heavy atom. The summed E-state index contributed by atoms with van der Waals surface area (Å²) in [4.78, 5) is 16.1. The molecule has 2 rings (SSSR count). The third-order valence-electron chi connectivity index (χ3n) is 3.49. The summed E-state index contributed by atoms with van der Waals surface area (Å²) in [5.74, 6) is 1.01. The van der Waals surface area contributed by atoms with Gasteiger partial charge in [-0.1, -0.05) is 0 Å². The highest BCUT2D eigenvalue weighted by molar-refractivity contribution is 5.99. The number of nitrogens with zero attached hydrogens (tertiary/aromatic N) is 1. The van der Waals surface area contributed by atoms with E-state index >= 15 is 0 Å². The summed E-state index contributed by atoms with van der Waals surface area (Å²) >= 11 is 0. The maximum atomic E-state index is 12.9. The van der Waals surface area contributed by atoms with Crippen LogP contribution in [0, 0.1) is 5.82 Å². The lowest BCUT2D eigenvalue weighted by molar-refractivity contribution is -0.115. The van der Waals surface area contributed by atoms with Gasteiger partial charge in [0.05, 0.1) is 20.3 Å². The molecule has 0 heterocycles. The second-order valence-electron chi connectivity index (χ2n) is 5.40. The third kappa shape index (κ3) is 6.18. The van der Waals surface area contributed by atoms with Crippen molar-refractivity contribution < 1.29 is 18.7 Å². The number of carbonyl (C=O) groups is 1. The van der Waals surface area contributed by atoms with Gasteiger partial charge < -0.3 is 25.4 Å². The maximum absolute atomic E-state index is 12.9. The Hall–Kier alpha value is -3.29. The number of aliphatic imine (C=N–C) groups is 1. The van der Waals surface area contributed by atoms with Crippen LogP contribution in [0.4, 0.5) is 15.8 Å². The van der Waals surface area contributed by atoms with Gasteiger partial charge in [-0.25, -0.2) is 4.39 Å². The topological polar surface area (TPSA) is 84.0 Å². The molecule has 0 aromatic heterocycles. The normalized spacial score (nSPS) is 10.9. The molecule has 7 nitrogen and oxygen atoms in total. The van der Waals surface area contributed by atoms with E-state index in [0.29, 0.717) is 29.8 Å². The molecule has 0 aliphatic carbocycles. The van der Waals surface area contributed by atoms with Gasteiger partial charge in [-0.3, -0.25) is 9.79 Å². The molecule has 8 heteroatoms. The highest BCUT2D eigenvalue weighted by atomic mass is 19.1. The van der Waals surface area contributed by atoms with E-state index in [4.69, 9.17) is 9.47 Å². The second-order valence-corrected chi connectivity index (χ2v) is 5.40. The molecule has 0 unspecified atom stereocenters. The summed E-state index contributed by atoms with van der Waals surface area (Å²) in [6.07, 6.45) is 0. The zero-order valence-electron chi connectivity index (χ0n) is 15.5. The molecule has 27 heavy (non-hydrogen) atoms. The minimum Gasteiger partial charge on any atom is -0.493 e. The molecule has 2 aromatic carbocycles. The fourth-order valence-corrected chi connectivity index (χ4v) is 2.24. The van der Waals surface area contributed by atoms with E-state index in [0.717, 1.165) is 5.69 Å². The van der Waals surface area contributed by atoms with Crippen molar-refractivity contribution in [2.75, 3.05) is 37.9 Å². The zero-order chi connectivity index (χ0) is 19.6. The highest BCUT2D eigenvalue weighted by Crippen LogP contribution is 2.30. The van der Waals surface area contributed by atoms with Gasteiger partial charge in [0, 0.05) is 24.5 Å². The van der Waals surface area contributed by atoms with Crippen LogP contribution in [0.25, 0.3) is 0 Å². The van der Waals surface area contributed by atoms with Crippen molar-refractivity contribution in [2.45, 2.75) is 6.92 Å². The molecule has 0 aliphatic heterocycles. The number of guanidine groups is 1. The van der Waals surface area contributed by atoms with Crippen molar-refractivity contribution in [2.24, 2.45) is 4.99 Å². The number of nitrogens with one attached hydrogen (secondary N) is 3. The number of halogens is 1. The van der Waals surface area contributed by atoms with Crippen LogP contribution >= 0.6 is 0 Å². The molecule has 0 spiro atoms. The summed E-state index contributed by atoms with van der Waals surface area (Å²) < 4.78 is 23.7. The summed E-state index contributed by atoms with van der Waals surface area (Å²) in [6, 6.07) is 10.9. The zero-order valence-corrected chi connectivity index (χ0v) is 15.5. The van der Waals surface area contributed by atoms with Gasteiger partial charge in [0.15, 0.2) is 17.5 Å². The molecular formula is C19H23FN4O3. The van der Waals surface area contributed by atoms with Crippen molar-refractivity contribution >= 4 is 23.2 Å². The summed E-state index contributed by atoms with van der Waals surface area (Å²) in [7, 11) is 3.17. The van der Waals surface area contributed by atoms with Gasteiger partial charge in [0.2, 0.25) is 5.91 Å². The van der Waals surface area contributed by atoms with Crippen LogP contribution in [0.2, 0.25) is 0 Å². The lowest BCUT2D eigenvalue weighted by Gasteiger charge is -2.14. The number of methoxy groups -OCH3 is 1. The van der Waals surface area contributed by atoms with Crippen LogP contribution in [0.15, 0.2) is 47.5 Å². The maximum Gasteiger partial charge on any atom is 0.243 e. The summed E-state index contributed by atoms with van der Waals surface area (Å²) in [6.45, 7) is 2.39. The van der Waals surface area contributed by atoms with Crippen molar-refractivity contribution in [3.63, 3.8) is 0 Å². The first kappa shape index (κ1) is 20.0. The molecule has 1 amide bonds. The van der Waals surface area contributed by atoms with Gasteiger partial charge in [-0.15, -0.1) is 0 Å². The number of carbonyl (C=O) groups excluding carboxylic acids is 1. The van der Waals surface area contributed by atoms with Gasteiger partial charge >= 0.3 is 0 Å². The monoisotopic (exact) mass is 374 g/mol. The minimum atomic E-state index is -0.360. The molecule has 144 valence electrons. The smallest absolute Gasteiger partial charge is 0.243 e. The molecule has 0 atom stereocenters. The number of rotatable bonds is 7. The number of hydrogen-bond acceptors (Lipinski definition) is 4. The van der Waals surface area contributed by atoms with Crippen LogP contribution in [0.5, 0.6) is 11.5 Å². The van der Waals surface area contributed by atoms with Gasteiger partial charge in [0.1, 0.15) is 5.82 Å². The van der Waals surface area contributed by atoms with Crippen LogP contribution in [0.1, 0.15) is 6.92 Å². The van der Waals surface area contributed by atoms with Gasteiger partial charge in [-0.05, 0) is 43.3 Å². The van der Waals surface area contributed by atoms with Crippen molar-refractivity contribution in [1.29, 1.82) is 0 Å². The van der Waals surface area contributed by atoms with E-state index in [1.165, 1.54) is 24.3 Å². The fourth-order valence-electron chi connectivity index (χ4n) is 2.24. The highest BCUT2D eigenvalue weighted by Gasteiger charge is 2.08. The van der Waals surface area contributed by atoms with Crippen molar-refractivity contribution in [1.82, 2.24) is 5.32 Å². The van der Waals surface area contributed by atoms with Crippen LogP contribution in [0.3, 0.4) is 0 Å². The predicted molar refractivity (Wildman–Crippen MR) is 104 cm³/mol. The first-order valence-corrected chi connectivity index (χ1v) is 8.39. The Morgan fingerprint density at radius 1 is 1.07 bits per heavy atom. The van der Waals surface area contributed by atoms with E-state index in [-0.39, 0.29) is 18.3 Å². The first-order chi connectivity index (χ1) is 13.0. The van der Waals surface area contributed by atoms with Crippen LogP contribution < -0.4 is 25.4 Å². The predicted octanol–water partition coefficient (Wildman–Crippen LogP) is 2.86. The Bertz CT molecular complexity index is 794. The fraction of sp³-hybridized carbons (Fsp3) is 0.263. The number of benzene rings is 2. The van der Waals surface area contributed by atoms with Crippen LogP contribution in [-0.2, 0) is 4.79 Å². The average Bonchev–Trinajstić information content (AvgIpc) is 2.67. The second kappa shape index (κ2) is 10.0. The summed E-state index contributed by atoms with van der Waals surface area (Å²) in [5, 5.41) is 8.66. The molecule has 0 aliphatic rings. The Labute approximate surface area is 157 Å². The Kier molecular flexibility index (Phi) is 7.42. The van der Waals surface area contributed by atoms with E-state index < -0.39 is 0 Å². The third-order valence-corrected chi connectivity index (χ3v) is 3.49. The lowest BCUT2D eigenvalue weighted by Crippen LogP contribution is -2.37. The molecule has 0 fully saturated rings. The molecule has 0 bridgehead atoms. The summed E-state index contributed by atoms with van der Waals surface area (Å²) in [5.41, 5.74) is 1.24. The molecule has 0 saturated carbocycles. The van der Waals surface area contributed by atoms with E-state index in [1.54, 1.807) is 26.3 Å². The van der Waals surface area contributed by atoms with E-state index in [2.05, 4.69) is 20.9 Å². The van der Waals surface area contributed by atoms with Crippen molar-refractivity contribution in [3.05, 3.63) is 48.3 Å². The van der Waals surface area contributed by atoms with Crippen LogP contribution in [-0.4, -0.2) is 39.2 Å².